The predicted octanol–water partition coefficient (Wildman–Crippen LogP) is 2.76. The molecule has 0 spiro atoms. The number of aromatic hydroxyl groups is 1. The summed E-state index contributed by atoms with van der Waals surface area (Å²) in [5, 5.41) is 12.0. The smallest absolute Gasteiger partial charge is 0.123 e. The summed E-state index contributed by atoms with van der Waals surface area (Å²) in [4.78, 5) is 0. The largest absolute Gasteiger partial charge is 0.507 e. The second-order valence-corrected chi connectivity index (χ2v) is 5.60. The van der Waals surface area contributed by atoms with E-state index in [-0.39, 0.29) is 0 Å². The molecule has 0 heterocycles. The lowest BCUT2D eigenvalue weighted by molar-refractivity contribution is 0.480. The molecule has 0 aliphatic heterocycles. The van der Waals surface area contributed by atoms with Crippen LogP contribution in [-0.2, 0) is 5.75 Å². The van der Waals surface area contributed by atoms with Crippen molar-refractivity contribution < 1.29 is 5.11 Å². The van der Waals surface area contributed by atoms with Gasteiger partial charge < -0.3 is 5.11 Å². The van der Waals surface area contributed by atoms with E-state index in [1.165, 1.54) is 16.4 Å². The van der Waals surface area contributed by atoms with Crippen LogP contribution in [0.25, 0.3) is 0 Å². The third-order valence-corrected chi connectivity index (χ3v) is 4.39. The van der Waals surface area contributed by atoms with Gasteiger partial charge in [-0.25, -0.2) is 0 Å². The summed E-state index contributed by atoms with van der Waals surface area (Å²) in [5.41, 5.74) is 2.50. The number of thiol groups is 1. The summed E-state index contributed by atoms with van der Waals surface area (Å²) in [6, 6.07) is 13.9. The number of hydrogen-bond acceptors (Lipinski definition) is 2. The van der Waals surface area contributed by atoms with Crippen LogP contribution in [0.15, 0.2) is 42.5 Å². The minimum Gasteiger partial charge on any atom is -0.507 e. The number of phenolic OH excluding ortho intramolecular Hbond substituents is 1. The van der Waals surface area contributed by atoms with E-state index >= 15 is 0 Å². The van der Waals surface area contributed by atoms with E-state index in [0.717, 1.165) is 11.1 Å². The molecular weight excluding hydrogens is 247 g/mol. The van der Waals surface area contributed by atoms with Gasteiger partial charge in [0, 0.05) is 11.1 Å². The average molecular weight is 262 g/mol. The van der Waals surface area contributed by atoms with Crippen molar-refractivity contribution in [1.29, 1.82) is 0 Å². The Bertz CT molecular complexity index is 525. The molecule has 0 radical (unpaired) electrons. The van der Waals surface area contributed by atoms with Gasteiger partial charge in [-0.3, -0.25) is 0 Å². The van der Waals surface area contributed by atoms with E-state index in [2.05, 4.69) is 37.8 Å². The van der Waals surface area contributed by atoms with Crippen molar-refractivity contribution in [3.8, 4) is 5.75 Å². The van der Waals surface area contributed by atoms with Gasteiger partial charge in [-0.1, -0.05) is 50.5 Å². The zero-order chi connectivity index (χ0) is 12.3. The summed E-state index contributed by atoms with van der Waals surface area (Å²) in [6.45, 7) is 2.08. The highest BCUT2D eigenvalue weighted by Crippen LogP contribution is 2.21. The average Bonchev–Trinajstić information content (AvgIpc) is 2.34. The molecule has 0 aliphatic rings. The van der Waals surface area contributed by atoms with E-state index in [4.69, 9.17) is 0 Å². The molecule has 1 atom stereocenters. The summed E-state index contributed by atoms with van der Waals surface area (Å²) >= 11 is 4.36. The fourth-order valence-electron chi connectivity index (χ4n) is 1.70. The fourth-order valence-corrected chi connectivity index (χ4v) is 3.28. The number of aryl methyl sites for hydroxylation is 1. The van der Waals surface area contributed by atoms with Crippen molar-refractivity contribution >= 4 is 31.8 Å². The highest BCUT2D eigenvalue weighted by atomic mass is 32.1. The standard InChI is InChI=1S/C14H15OPS/c1-10-6-7-13(11(8-10)9-17)16-14-5-3-2-4-12(14)15/h2-8,15-17H,9H2,1H3. The van der Waals surface area contributed by atoms with Crippen molar-refractivity contribution in [2.75, 3.05) is 0 Å². The van der Waals surface area contributed by atoms with Crippen molar-refractivity contribution in [2.24, 2.45) is 0 Å². The first-order valence-corrected chi connectivity index (χ1v) is 7.09. The molecular formula is C14H15OPS. The van der Waals surface area contributed by atoms with E-state index in [9.17, 15) is 5.11 Å². The molecule has 0 saturated carbocycles. The Hall–Kier alpha value is -0.980. The number of rotatable bonds is 3. The molecule has 17 heavy (non-hydrogen) atoms. The lowest BCUT2D eigenvalue weighted by Gasteiger charge is -2.10. The van der Waals surface area contributed by atoms with Crippen LogP contribution in [-0.4, -0.2) is 5.11 Å². The summed E-state index contributed by atoms with van der Waals surface area (Å²) in [5.74, 6) is 1.11. The van der Waals surface area contributed by atoms with Gasteiger partial charge in [0.25, 0.3) is 0 Å². The molecule has 0 aromatic heterocycles. The molecule has 0 aliphatic carbocycles. The first-order chi connectivity index (χ1) is 8.20. The Balaban J connectivity index is 2.33. The SMILES string of the molecule is Cc1ccc(Pc2ccccc2O)c(CS)c1. The molecule has 1 nitrogen and oxygen atoms in total. The molecule has 88 valence electrons. The Morgan fingerprint density at radius 3 is 2.59 bits per heavy atom. The van der Waals surface area contributed by atoms with Crippen molar-refractivity contribution in [3.63, 3.8) is 0 Å². The molecule has 0 bridgehead atoms. The predicted molar refractivity (Wildman–Crippen MR) is 79.6 cm³/mol. The molecule has 3 heteroatoms. The molecule has 0 saturated heterocycles. The van der Waals surface area contributed by atoms with Gasteiger partial charge in [-0.15, -0.1) is 0 Å². The van der Waals surface area contributed by atoms with Crippen molar-refractivity contribution in [3.05, 3.63) is 53.6 Å². The van der Waals surface area contributed by atoms with Crippen LogP contribution >= 0.6 is 21.2 Å². The molecule has 2 aromatic rings. The van der Waals surface area contributed by atoms with Gasteiger partial charge in [0.05, 0.1) is 0 Å². The Morgan fingerprint density at radius 2 is 1.88 bits per heavy atom. The minimum atomic E-state index is 0.372. The van der Waals surface area contributed by atoms with E-state index in [1.807, 2.05) is 18.2 Å². The van der Waals surface area contributed by atoms with Crippen molar-refractivity contribution in [1.82, 2.24) is 0 Å². The van der Waals surface area contributed by atoms with Gasteiger partial charge in [0.2, 0.25) is 0 Å². The van der Waals surface area contributed by atoms with Crippen LogP contribution in [0, 0.1) is 6.92 Å². The van der Waals surface area contributed by atoms with E-state index in [0.29, 0.717) is 14.3 Å². The van der Waals surface area contributed by atoms with Gasteiger partial charge in [-0.2, -0.15) is 12.6 Å². The van der Waals surface area contributed by atoms with Crippen LogP contribution in [0.5, 0.6) is 5.75 Å². The second kappa shape index (κ2) is 5.57. The molecule has 0 amide bonds. The first-order valence-electron chi connectivity index (χ1n) is 5.46. The van der Waals surface area contributed by atoms with Crippen LogP contribution < -0.4 is 10.6 Å². The van der Waals surface area contributed by atoms with Crippen LogP contribution in [0.1, 0.15) is 11.1 Å². The molecule has 1 N–H and O–H groups in total. The Morgan fingerprint density at radius 1 is 1.12 bits per heavy atom. The molecule has 0 fully saturated rings. The fraction of sp³-hybridized carbons (Fsp3) is 0.143. The highest BCUT2D eigenvalue weighted by molar-refractivity contribution is 7.79. The monoisotopic (exact) mass is 262 g/mol. The molecule has 2 rings (SSSR count). The zero-order valence-electron chi connectivity index (χ0n) is 9.64. The lowest BCUT2D eigenvalue weighted by atomic mass is 10.2. The minimum absolute atomic E-state index is 0.372. The van der Waals surface area contributed by atoms with Crippen LogP contribution in [0.4, 0.5) is 0 Å². The van der Waals surface area contributed by atoms with E-state index in [1.54, 1.807) is 6.07 Å². The number of phenols is 1. The maximum atomic E-state index is 9.78. The van der Waals surface area contributed by atoms with Gasteiger partial charge in [-0.05, 0) is 23.9 Å². The number of hydrogen-bond donors (Lipinski definition) is 2. The first kappa shape index (κ1) is 12.5. The topological polar surface area (TPSA) is 20.2 Å². The highest BCUT2D eigenvalue weighted by Gasteiger charge is 2.05. The second-order valence-electron chi connectivity index (χ2n) is 3.96. The Kier molecular flexibility index (Phi) is 4.09. The summed E-state index contributed by atoms with van der Waals surface area (Å²) < 4.78 is 0. The molecule has 1 unspecified atom stereocenters. The third-order valence-electron chi connectivity index (χ3n) is 2.60. The van der Waals surface area contributed by atoms with Gasteiger partial charge >= 0.3 is 0 Å². The summed E-state index contributed by atoms with van der Waals surface area (Å²) in [6.07, 6.45) is 0. The van der Waals surface area contributed by atoms with Crippen LogP contribution in [0.2, 0.25) is 0 Å². The molecule has 2 aromatic carbocycles. The van der Waals surface area contributed by atoms with E-state index < -0.39 is 0 Å². The van der Waals surface area contributed by atoms with Crippen LogP contribution in [0.3, 0.4) is 0 Å². The summed E-state index contributed by atoms with van der Waals surface area (Å²) in [7, 11) is 0.479. The van der Waals surface area contributed by atoms with Crippen molar-refractivity contribution in [2.45, 2.75) is 12.7 Å². The zero-order valence-corrected chi connectivity index (χ0v) is 11.5. The number of benzene rings is 2. The normalized spacial score (nSPS) is 11.2. The Labute approximate surface area is 109 Å². The van der Waals surface area contributed by atoms with Gasteiger partial charge in [0.1, 0.15) is 5.75 Å². The maximum Gasteiger partial charge on any atom is 0.123 e. The third kappa shape index (κ3) is 3.02. The van der Waals surface area contributed by atoms with Gasteiger partial charge in [0.15, 0.2) is 0 Å². The lowest BCUT2D eigenvalue weighted by Crippen LogP contribution is -2.08. The maximum absolute atomic E-state index is 9.78. The number of para-hydroxylation sites is 1. The quantitative estimate of drug-likeness (QED) is 0.644.